The van der Waals surface area contributed by atoms with Gasteiger partial charge in [-0.3, -0.25) is 10.6 Å². The topological polar surface area (TPSA) is 156 Å². The molecule has 0 aliphatic heterocycles. The highest BCUT2D eigenvalue weighted by atomic mass is 32.2. The van der Waals surface area contributed by atoms with Gasteiger partial charge in [-0.05, 0) is 68.1 Å². The quantitative estimate of drug-likeness (QED) is 0.121. The van der Waals surface area contributed by atoms with E-state index in [0.717, 1.165) is 54.8 Å². The number of anilines is 3. The number of aryl methyl sites for hydroxylation is 1. The molecule has 4 amide bonds. The third-order valence-corrected chi connectivity index (χ3v) is 8.67. The van der Waals surface area contributed by atoms with Gasteiger partial charge in [0, 0.05) is 41.4 Å². The minimum atomic E-state index is -3.36. The zero-order valence-corrected chi connectivity index (χ0v) is 26.8. The molecule has 13 heteroatoms. The zero-order valence-electron chi connectivity index (χ0n) is 26.0. The summed E-state index contributed by atoms with van der Waals surface area (Å²) >= 11 is 0. The van der Waals surface area contributed by atoms with Gasteiger partial charge >= 0.3 is 12.1 Å². The Bertz CT molecular complexity index is 2040. The lowest BCUT2D eigenvalue weighted by Gasteiger charge is -2.15. The van der Waals surface area contributed by atoms with Gasteiger partial charge in [0.1, 0.15) is 23.1 Å². The van der Waals surface area contributed by atoms with E-state index in [-0.39, 0.29) is 17.0 Å². The number of amides is 4. The molecule has 242 valence electrons. The number of unbranched alkanes of at least 4 members (excludes halogenated alkanes) is 1. The highest BCUT2D eigenvalue weighted by Gasteiger charge is 2.23. The molecular formula is C34H35N7O5S. The van der Waals surface area contributed by atoms with Crippen molar-refractivity contribution in [2.24, 2.45) is 0 Å². The normalized spacial score (nSPS) is 12.8. The van der Waals surface area contributed by atoms with Crippen LogP contribution in [0.3, 0.4) is 0 Å². The predicted molar refractivity (Wildman–Crippen MR) is 181 cm³/mol. The summed E-state index contributed by atoms with van der Waals surface area (Å²) in [4.78, 5) is 29.9. The summed E-state index contributed by atoms with van der Waals surface area (Å²) in [6.45, 7) is 2.09. The smallest absolute Gasteiger partial charge is 0.324 e. The van der Waals surface area contributed by atoms with Crippen LogP contribution in [0.15, 0.2) is 90.0 Å². The van der Waals surface area contributed by atoms with Gasteiger partial charge in [0.25, 0.3) is 0 Å². The molecule has 0 saturated heterocycles. The second kappa shape index (κ2) is 13.5. The standard InChI is InChI=1S/C34H35N7O5S/c1-3-4-7-23-20-32(41(40-23)24-12-14-26(15-13-24)47(2,44)45)39-34(43)37-29-16-17-30(28-9-6-5-8-27(28)29)46-25-18-19-35-31(21-25)38-33(42)36-22-10-11-22/h5-6,8-9,12-22H,3-4,7,10-11H2,1-2H3,(H2,37,39,43)(H2,35,36,38,42). The molecule has 5 aromatic rings. The Hall–Kier alpha value is -5.43. The lowest BCUT2D eigenvalue weighted by molar-refractivity contribution is 0.251. The lowest BCUT2D eigenvalue weighted by Crippen LogP contribution is -2.30. The Balaban J connectivity index is 1.20. The average Bonchev–Trinajstić information content (AvgIpc) is 3.77. The molecule has 0 unspecified atom stereocenters. The van der Waals surface area contributed by atoms with Crippen LogP contribution in [0.4, 0.5) is 26.9 Å². The van der Waals surface area contributed by atoms with E-state index < -0.39 is 15.9 Å². The number of aromatic nitrogens is 3. The van der Waals surface area contributed by atoms with Crippen molar-refractivity contribution in [2.45, 2.75) is 50.0 Å². The maximum absolute atomic E-state index is 13.4. The minimum Gasteiger partial charge on any atom is -0.457 e. The molecule has 2 aromatic heterocycles. The van der Waals surface area contributed by atoms with Crippen LogP contribution in [0, 0.1) is 0 Å². The molecule has 0 spiro atoms. The van der Waals surface area contributed by atoms with Gasteiger partial charge in [0.05, 0.1) is 22.0 Å². The fourth-order valence-electron chi connectivity index (χ4n) is 5.01. The number of hydrogen-bond acceptors (Lipinski definition) is 7. The number of sulfone groups is 1. The van der Waals surface area contributed by atoms with Crippen LogP contribution >= 0.6 is 0 Å². The average molecular weight is 654 g/mol. The number of fused-ring (bicyclic) bond motifs is 1. The summed E-state index contributed by atoms with van der Waals surface area (Å²) in [7, 11) is -3.36. The first-order valence-electron chi connectivity index (χ1n) is 15.4. The first-order chi connectivity index (χ1) is 22.7. The van der Waals surface area contributed by atoms with E-state index >= 15 is 0 Å². The van der Waals surface area contributed by atoms with E-state index in [9.17, 15) is 18.0 Å². The van der Waals surface area contributed by atoms with Crippen LogP contribution < -0.4 is 26.0 Å². The van der Waals surface area contributed by atoms with Crippen molar-refractivity contribution in [1.82, 2.24) is 20.1 Å². The minimum absolute atomic E-state index is 0.198. The van der Waals surface area contributed by atoms with E-state index in [1.165, 1.54) is 12.1 Å². The summed E-state index contributed by atoms with van der Waals surface area (Å²) in [5.74, 6) is 1.85. The van der Waals surface area contributed by atoms with Gasteiger partial charge in [-0.2, -0.15) is 5.10 Å². The molecule has 6 rings (SSSR count). The van der Waals surface area contributed by atoms with Crippen LogP contribution in [-0.4, -0.2) is 47.5 Å². The molecule has 1 aliphatic carbocycles. The summed E-state index contributed by atoms with van der Waals surface area (Å²) in [6, 6.07) is 22.0. The van der Waals surface area contributed by atoms with E-state index in [0.29, 0.717) is 34.5 Å². The molecule has 0 radical (unpaired) electrons. The van der Waals surface area contributed by atoms with Crippen molar-refractivity contribution >= 4 is 50.0 Å². The molecule has 47 heavy (non-hydrogen) atoms. The Morgan fingerprint density at radius 3 is 2.40 bits per heavy atom. The second-order valence-corrected chi connectivity index (χ2v) is 13.4. The molecule has 12 nitrogen and oxygen atoms in total. The van der Waals surface area contributed by atoms with Crippen molar-refractivity contribution in [2.75, 3.05) is 22.2 Å². The van der Waals surface area contributed by atoms with Gasteiger partial charge in [-0.1, -0.05) is 37.6 Å². The number of nitrogens with one attached hydrogen (secondary N) is 4. The van der Waals surface area contributed by atoms with E-state index in [1.807, 2.05) is 30.3 Å². The Morgan fingerprint density at radius 2 is 1.68 bits per heavy atom. The van der Waals surface area contributed by atoms with Crippen LogP contribution in [0.25, 0.3) is 16.5 Å². The monoisotopic (exact) mass is 653 g/mol. The summed E-state index contributed by atoms with van der Waals surface area (Å²) in [5.41, 5.74) is 1.98. The highest BCUT2D eigenvalue weighted by Crippen LogP contribution is 2.35. The maximum Gasteiger partial charge on any atom is 0.324 e. The number of rotatable bonds is 11. The fourth-order valence-corrected chi connectivity index (χ4v) is 5.64. The van der Waals surface area contributed by atoms with Gasteiger partial charge in [0.2, 0.25) is 0 Å². The highest BCUT2D eigenvalue weighted by molar-refractivity contribution is 7.90. The molecule has 0 bridgehead atoms. The van der Waals surface area contributed by atoms with E-state index in [2.05, 4.69) is 38.3 Å². The molecule has 0 atom stereocenters. The van der Waals surface area contributed by atoms with Crippen molar-refractivity contribution in [1.29, 1.82) is 0 Å². The summed E-state index contributed by atoms with van der Waals surface area (Å²) < 4.78 is 31.7. The Kier molecular flexibility index (Phi) is 9.07. The third kappa shape index (κ3) is 7.87. The summed E-state index contributed by atoms with van der Waals surface area (Å²) in [6.07, 6.45) is 7.34. The molecule has 4 N–H and O–H groups in total. The van der Waals surface area contributed by atoms with Crippen LogP contribution in [0.2, 0.25) is 0 Å². The zero-order chi connectivity index (χ0) is 33.0. The predicted octanol–water partition coefficient (Wildman–Crippen LogP) is 6.89. The molecular weight excluding hydrogens is 618 g/mol. The molecule has 1 aliphatic rings. The van der Waals surface area contributed by atoms with Crippen LogP contribution in [0.1, 0.15) is 38.3 Å². The number of benzene rings is 3. The van der Waals surface area contributed by atoms with E-state index in [1.54, 1.807) is 47.3 Å². The molecule has 1 saturated carbocycles. The lowest BCUT2D eigenvalue weighted by atomic mass is 10.1. The second-order valence-electron chi connectivity index (χ2n) is 11.4. The number of pyridine rings is 1. The first-order valence-corrected chi connectivity index (χ1v) is 17.3. The Morgan fingerprint density at radius 1 is 0.915 bits per heavy atom. The van der Waals surface area contributed by atoms with Gasteiger partial charge in [-0.25, -0.2) is 27.7 Å². The number of carbonyl (C=O) groups excluding carboxylic acids is 2. The largest absolute Gasteiger partial charge is 0.457 e. The van der Waals surface area contributed by atoms with Crippen molar-refractivity contribution in [3.63, 3.8) is 0 Å². The SMILES string of the molecule is CCCCc1cc(NC(=O)Nc2ccc(Oc3ccnc(NC(=O)NC4CC4)c3)c3ccccc23)n(-c2ccc(S(C)(=O)=O)cc2)n1. The number of urea groups is 2. The Labute approximate surface area is 272 Å². The number of ether oxygens (including phenoxy) is 1. The van der Waals surface area contributed by atoms with Crippen LogP contribution in [-0.2, 0) is 16.3 Å². The van der Waals surface area contributed by atoms with Crippen molar-refractivity contribution < 1.29 is 22.7 Å². The van der Waals surface area contributed by atoms with Crippen molar-refractivity contribution in [3.05, 3.63) is 90.8 Å². The van der Waals surface area contributed by atoms with Gasteiger partial charge in [0.15, 0.2) is 9.84 Å². The molecule has 3 aromatic carbocycles. The number of carbonyl (C=O) groups is 2. The van der Waals surface area contributed by atoms with Crippen LogP contribution in [0.5, 0.6) is 11.5 Å². The van der Waals surface area contributed by atoms with Gasteiger partial charge in [-0.15, -0.1) is 0 Å². The summed E-state index contributed by atoms with van der Waals surface area (Å²) in [5, 5.41) is 17.7. The van der Waals surface area contributed by atoms with Gasteiger partial charge < -0.3 is 15.4 Å². The maximum atomic E-state index is 13.4. The fraction of sp³-hybridized carbons (Fsp3) is 0.235. The number of hydrogen-bond donors (Lipinski definition) is 4. The van der Waals surface area contributed by atoms with Crippen molar-refractivity contribution in [3.8, 4) is 17.2 Å². The number of nitrogens with zero attached hydrogens (tertiary/aromatic N) is 3. The molecule has 1 fully saturated rings. The van der Waals surface area contributed by atoms with E-state index in [4.69, 9.17) is 4.74 Å². The first kappa shape index (κ1) is 31.5. The molecule has 2 heterocycles. The third-order valence-electron chi connectivity index (χ3n) is 7.54.